The molecule has 4 rings (SSSR count). The van der Waals surface area contributed by atoms with Gasteiger partial charge in [-0.15, -0.1) is 0 Å². The standard InChI is InChI=1S/C36H31NS/c1-3-5-6-7-28-10-19-34(20-11-28)35-21-13-29(14-22-35)8-9-31-15-23-33(32(4-2)26-31)18-12-30-16-24-36(25-17-30)38-27-37/h10-11,13-17,19-26H,3-7H2,1-2H3. The van der Waals surface area contributed by atoms with Gasteiger partial charge in [-0.1, -0.05) is 86.8 Å². The molecule has 0 aromatic heterocycles. The van der Waals surface area contributed by atoms with Gasteiger partial charge < -0.3 is 0 Å². The smallest absolute Gasteiger partial charge is 0.138 e. The maximum atomic E-state index is 8.79. The number of hydrogen-bond acceptors (Lipinski definition) is 2. The van der Waals surface area contributed by atoms with Crippen molar-refractivity contribution in [1.82, 2.24) is 0 Å². The Labute approximate surface area is 231 Å². The minimum atomic E-state index is 0.892. The fourth-order valence-corrected chi connectivity index (χ4v) is 4.60. The highest BCUT2D eigenvalue weighted by Gasteiger charge is 2.01. The summed E-state index contributed by atoms with van der Waals surface area (Å²) in [6.45, 7) is 4.38. The van der Waals surface area contributed by atoms with Crippen molar-refractivity contribution >= 4 is 11.8 Å². The molecule has 38 heavy (non-hydrogen) atoms. The quantitative estimate of drug-likeness (QED) is 0.107. The van der Waals surface area contributed by atoms with Crippen molar-refractivity contribution in [1.29, 1.82) is 5.26 Å². The zero-order valence-corrected chi connectivity index (χ0v) is 22.9. The summed E-state index contributed by atoms with van der Waals surface area (Å²) in [6, 6.07) is 31.4. The molecular weight excluding hydrogens is 478 g/mol. The van der Waals surface area contributed by atoms with E-state index in [4.69, 9.17) is 5.26 Å². The Morgan fingerprint density at radius 1 is 0.632 bits per heavy atom. The van der Waals surface area contributed by atoms with Crippen LogP contribution in [0.1, 0.15) is 66.5 Å². The van der Waals surface area contributed by atoms with Gasteiger partial charge in [0.15, 0.2) is 0 Å². The van der Waals surface area contributed by atoms with E-state index in [9.17, 15) is 0 Å². The zero-order valence-electron chi connectivity index (χ0n) is 22.1. The Morgan fingerprint density at radius 3 is 1.84 bits per heavy atom. The summed E-state index contributed by atoms with van der Waals surface area (Å²) in [5.41, 5.74) is 9.01. The molecule has 0 bridgehead atoms. The second kappa shape index (κ2) is 14.0. The Balaban J connectivity index is 1.43. The molecule has 0 heterocycles. The first-order valence-corrected chi connectivity index (χ1v) is 14.0. The Kier molecular flexibility index (Phi) is 9.88. The number of unbranched alkanes of at least 4 members (excludes halogenated alkanes) is 2. The van der Waals surface area contributed by atoms with Crippen LogP contribution >= 0.6 is 11.8 Å². The van der Waals surface area contributed by atoms with Gasteiger partial charge in [-0.3, -0.25) is 0 Å². The molecule has 0 N–H and O–H groups in total. The Bertz CT molecular complexity index is 1510. The van der Waals surface area contributed by atoms with Crippen LogP contribution in [0.15, 0.2) is 95.9 Å². The summed E-state index contributed by atoms with van der Waals surface area (Å²) in [6.07, 6.45) is 5.87. The predicted octanol–water partition coefficient (Wildman–Crippen LogP) is 9.02. The average Bonchev–Trinajstić information content (AvgIpc) is 2.97. The van der Waals surface area contributed by atoms with E-state index < -0.39 is 0 Å². The van der Waals surface area contributed by atoms with E-state index in [0.717, 1.165) is 51.8 Å². The van der Waals surface area contributed by atoms with Gasteiger partial charge in [0, 0.05) is 27.1 Å². The third kappa shape index (κ3) is 7.67. The summed E-state index contributed by atoms with van der Waals surface area (Å²) in [4.78, 5) is 0.927. The molecule has 0 radical (unpaired) electrons. The monoisotopic (exact) mass is 509 g/mol. The van der Waals surface area contributed by atoms with E-state index in [1.165, 1.54) is 41.5 Å². The molecule has 1 nitrogen and oxygen atoms in total. The van der Waals surface area contributed by atoms with Gasteiger partial charge >= 0.3 is 0 Å². The molecule has 2 heteroatoms. The first kappa shape index (κ1) is 26.9. The Hall–Kier alpha value is -4.16. The van der Waals surface area contributed by atoms with Crippen LogP contribution in [-0.2, 0) is 12.8 Å². The van der Waals surface area contributed by atoms with E-state index in [2.05, 4.69) is 104 Å². The summed E-state index contributed by atoms with van der Waals surface area (Å²) in [7, 11) is 0. The van der Waals surface area contributed by atoms with Crippen LogP contribution in [0.4, 0.5) is 0 Å². The topological polar surface area (TPSA) is 23.8 Å². The highest BCUT2D eigenvalue weighted by Crippen LogP contribution is 2.21. The van der Waals surface area contributed by atoms with Gasteiger partial charge in [0.2, 0.25) is 0 Å². The van der Waals surface area contributed by atoms with Crippen LogP contribution < -0.4 is 0 Å². The van der Waals surface area contributed by atoms with Crippen LogP contribution in [0.25, 0.3) is 11.1 Å². The van der Waals surface area contributed by atoms with E-state index in [-0.39, 0.29) is 0 Å². The molecule has 4 aromatic carbocycles. The van der Waals surface area contributed by atoms with Crippen LogP contribution in [0.5, 0.6) is 0 Å². The van der Waals surface area contributed by atoms with E-state index >= 15 is 0 Å². The molecule has 0 saturated carbocycles. The predicted molar refractivity (Wildman–Crippen MR) is 161 cm³/mol. The number of thiocyanates is 1. The fraction of sp³-hybridized carbons (Fsp3) is 0.194. The van der Waals surface area contributed by atoms with Gasteiger partial charge in [0.05, 0.1) is 0 Å². The number of thioether (sulfide) groups is 1. The van der Waals surface area contributed by atoms with E-state index in [0.29, 0.717) is 0 Å². The minimum Gasteiger partial charge on any atom is -0.185 e. The van der Waals surface area contributed by atoms with E-state index in [1.54, 1.807) is 0 Å². The minimum absolute atomic E-state index is 0.892. The van der Waals surface area contributed by atoms with Crippen molar-refractivity contribution in [2.24, 2.45) is 0 Å². The van der Waals surface area contributed by atoms with Crippen molar-refractivity contribution in [2.75, 3.05) is 0 Å². The molecule has 0 saturated heterocycles. The van der Waals surface area contributed by atoms with Crippen LogP contribution in [0, 0.1) is 34.3 Å². The molecule has 0 fully saturated rings. The number of nitrogens with zero attached hydrogens (tertiary/aromatic N) is 1. The third-order valence-electron chi connectivity index (χ3n) is 6.44. The number of benzene rings is 4. The average molecular weight is 510 g/mol. The second-order valence-electron chi connectivity index (χ2n) is 9.17. The van der Waals surface area contributed by atoms with Crippen LogP contribution in [0.3, 0.4) is 0 Å². The molecule has 0 aliphatic carbocycles. The first-order valence-electron chi connectivity index (χ1n) is 13.2. The molecule has 0 amide bonds. The largest absolute Gasteiger partial charge is 0.185 e. The lowest BCUT2D eigenvalue weighted by Crippen LogP contribution is -1.89. The van der Waals surface area contributed by atoms with Gasteiger partial charge in [-0.05, 0) is 108 Å². The highest BCUT2D eigenvalue weighted by molar-refractivity contribution is 8.03. The molecule has 0 spiro atoms. The summed E-state index contributed by atoms with van der Waals surface area (Å²) >= 11 is 1.16. The zero-order chi connectivity index (χ0) is 26.6. The maximum absolute atomic E-state index is 8.79. The lowest BCUT2D eigenvalue weighted by Gasteiger charge is -2.05. The molecule has 4 aromatic rings. The molecule has 0 unspecified atom stereocenters. The van der Waals surface area contributed by atoms with E-state index in [1.807, 2.05) is 30.3 Å². The van der Waals surface area contributed by atoms with Crippen molar-refractivity contribution in [3.05, 3.63) is 124 Å². The van der Waals surface area contributed by atoms with Gasteiger partial charge in [-0.25, -0.2) is 0 Å². The molecule has 0 aliphatic rings. The fourth-order valence-electron chi connectivity index (χ4n) is 4.22. The van der Waals surface area contributed by atoms with Crippen molar-refractivity contribution in [3.63, 3.8) is 0 Å². The van der Waals surface area contributed by atoms with Crippen molar-refractivity contribution in [2.45, 2.75) is 50.8 Å². The summed E-state index contributed by atoms with van der Waals surface area (Å²) in [5.74, 6) is 13.2. The van der Waals surface area contributed by atoms with Crippen molar-refractivity contribution in [3.8, 4) is 40.2 Å². The third-order valence-corrected chi connectivity index (χ3v) is 7.04. The molecule has 186 valence electrons. The van der Waals surface area contributed by atoms with Crippen LogP contribution in [0.2, 0.25) is 0 Å². The first-order chi connectivity index (χ1) is 18.7. The maximum Gasteiger partial charge on any atom is 0.138 e. The highest BCUT2D eigenvalue weighted by atomic mass is 32.2. The Morgan fingerprint density at radius 2 is 1.21 bits per heavy atom. The SMILES string of the molecule is CCCCCc1ccc(-c2ccc(C#Cc3ccc(C#Cc4ccc(SC#N)cc4)c(CC)c3)cc2)cc1. The lowest BCUT2D eigenvalue weighted by atomic mass is 10.00. The molecule has 0 aliphatic heterocycles. The normalized spacial score (nSPS) is 10.0. The summed E-state index contributed by atoms with van der Waals surface area (Å²) in [5, 5.41) is 10.9. The number of hydrogen-bond donors (Lipinski definition) is 0. The van der Waals surface area contributed by atoms with Gasteiger partial charge in [0.1, 0.15) is 5.40 Å². The number of aryl methyl sites for hydroxylation is 2. The molecule has 0 atom stereocenters. The number of rotatable bonds is 7. The molecular formula is C36H31NS. The van der Waals surface area contributed by atoms with Gasteiger partial charge in [0.25, 0.3) is 0 Å². The van der Waals surface area contributed by atoms with Crippen molar-refractivity contribution < 1.29 is 0 Å². The number of nitriles is 1. The van der Waals surface area contributed by atoms with Gasteiger partial charge in [-0.2, -0.15) is 5.26 Å². The second-order valence-corrected chi connectivity index (χ2v) is 10.0. The summed E-state index contributed by atoms with van der Waals surface area (Å²) < 4.78 is 0. The lowest BCUT2D eigenvalue weighted by molar-refractivity contribution is 0.717. The van der Waals surface area contributed by atoms with Crippen LogP contribution in [-0.4, -0.2) is 0 Å².